The minimum atomic E-state index is -0.0612. The summed E-state index contributed by atoms with van der Waals surface area (Å²) in [7, 11) is 1.59. The van der Waals surface area contributed by atoms with E-state index in [0.29, 0.717) is 30.4 Å². The Labute approximate surface area is 111 Å². The van der Waals surface area contributed by atoms with Crippen molar-refractivity contribution < 1.29 is 9.53 Å². The van der Waals surface area contributed by atoms with Gasteiger partial charge in [0.05, 0.1) is 7.11 Å². The van der Waals surface area contributed by atoms with E-state index in [1.165, 1.54) is 0 Å². The molecule has 0 atom stereocenters. The van der Waals surface area contributed by atoms with Gasteiger partial charge in [-0.1, -0.05) is 0 Å². The van der Waals surface area contributed by atoms with Crippen molar-refractivity contribution in [3.05, 3.63) is 29.8 Å². The Hall–Kier alpha value is -0.930. The maximum atomic E-state index is 12.1. The zero-order chi connectivity index (χ0) is 12.7. The lowest BCUT2D eigenvalue weighted by atomic mass is 10.2. The summed E-state index contributed by atoms with van der Waals surface area (Å²) in [6.07, 6.45) is 0. The Morgan fingerprint density at radius 3 is 2.12 bits per heavy atom. The molecule has 1 aromatic carbocycles. The minimum Gasteiger partial charge on any atom is -0.497 e. The summed E-state index contributed by atoms with van der Waals surface area (Å²) >= 11 is 11.3. The van der Waals surface area contributed by atoms with Gasteiger partial charge in [-0.3, -0.25) is 4.79 Å². The van der Waals surface area contributed by atoms with Gasteiger partial charge >= 0.3 is 0 Å². The Morgan fingerprint density at radius 2 is 1.71 bits per heavy atom. The van der Waals surface area contributed by atoms with Crippen LogP contribution in [-0.4, -0.2) is 42.8 Å². The third-order valence-electron chi connectivity index (χ3n) is 2.33. The number of ether oxygens (including phenoxy) is 1. The van der Waals surface area contributed by atoms with Crippen LogP contribution in [0.4, 0.5) is 0 Å². The van der Waals surface area contributed by atoms with Gasteiger partial charge in [-0.25, -0.2) is 0 Å². The monoisotopic (exact) mass is 275 g/mol. The second-order valence-electron chi connectivity index (χ2n) is 3.40. The second-order valence-corrected chi connectivity index (χ2v) is 4.15. The Kier molecular flexibility index (Phi) is 6.16. The fourth-order valence-corrected chi connectivity index (χ4v) is 1.84. The van der Waals surface area contributed by atoms with Crippen LogP contribution in [0, 0.1) is 0 Å². The molecule has 0 spiro atoms. The van der Waals surface area contributed by atoms with E-state index in [0.717, 1.165) is 5.75 Å². The molecule has 0 saturated carbocycles. The van der Waals surface area contributed by atoms with Gasteiger partial charge in [0.2, 0.25) is 0 Å². The first-order valence-electron chi connectivity index (χ1n) is 5.28. The number of methoxy groups -OCH3 is 1. The van der Waals surface area contributed by atoms with Crippen molar-refractivity contribution in [3.63, 3.8) is 0 Å². The summed E-state index contributed by atoms with van der Waals surface area (Å²) < 4.78 is 5.04. The van der Waals surface area contributed by atoms with Crippen molar-refractivity contribution in [2.75, 3.05) is 32.0 Å². The topological polar surface area (TPSA) is 29.5 Å². The SMILES string of the molecule is COc1ccc(C(=O)N(CCCl)CCCl)cc1. The molecule has 0 unspecified atom stereocenters. The van der Waals surface area contributed by atoms with Gasteiger partial charge in [0.15, 0.2) is 0 Å². The molecule has 0 N–H and O–H groups in total. The van der Waals surface area contributed by atoms with E-state index in [2.05, 4.69) is 0 Å². The largest absolute Gasteiger partial charge is 0.497 e. The summed E-state index contributed by atoms with van der Waals surface area (Å²) in [5.74, 6) is 1.47. The van der Waals surface area contributed by atoms with Crippen molar-refractivity contribution in [2.45, 2.75) is 0 Å². The van der Waals surface area contributed by atoms with Gasteiger partial charge in [-0.2, -0.15) is 0 Å². The first kappa shape index (κ1) is 14.1. The van der Waals surface area contributed by atoms with Gasteiger partial charge in [0, 0.05) is 30.4 Å². The summed E-state index contributed by atoms with van der Waals surface area (Å²) in [6.45, 7) is 0.998. The molecular weight excluding hydrogens is 261 g/mol. The number of rotatable bonds is 6. The molecule has 0 bridgehead atoms. The third kappa shape index (κ3) is 4.10. The van der Waals surface area contributed by atoms with Crippen LogP contribution in [0.25, 0.3) is 0 Å². The quantitative estimate of drug-likeness (QED) is 0.747. The summed E-state index contributed by atoms with van der Waals surface area (Å²) in [6, 6.07) is 6.98. The highest BCUT2D eigenvalue weighted by Crippen LogP contribution is 2.13. The van der Waals surface area contributed by atoms with Crippen LogP contribution in [0.3, 0.4) is 0 Å². The molecule has 5 heteroatoms. The number of amides is 1. The smallest absolute Gasteiger partial charge is 0.253 e. The van der Waals surface area contributed by atoms with Crippen molar-refractivity contribution in [1.82, 2.24) is 4.90 Å². The molecule has 0 fully saturated rings. The van der Waals surface area contributed by atoms with E-state index in [1.54, 1.807) is 36.3 Å². The Balaban J connectivity index is 2.77. The van der Waals surface area contributed by atoms with Crippen molar-refractivity contribution in [3.8, 4) is 5.75 Å². The van der Waals surface area contributed by atoms with Gasteiger partial charge in [-0.15, -0.1) is 23.2 Å². The number of carbonyl (C=O) groups excluding carboxylic acids is 1. The Morgan fingerprint density at radius 1 is 1.18 bits per heavy atom. The van der Waals surface area contributed by atoms with Crippen LogP contribution in [0.2, 0.25) is 0 Å². The highest BCUT2D eigenvalue weighted by molar-refractivity contribution is 6.18. The minimum absolute atomic E-state index is 0.0612. The number of halogens is 2. The summed E-state index contributed by atoms with van der Waals surface area (Å²) in [5.41, 5.74) is 0.612. The Bertz CT molecular complexity index is 348. The normalized spacial score (nSPS) is 10.1. The van der Waals surface area contributed by atoms with Gasteiger partial charge in [-0.05, 0) is 24.3 Å². The zero-order valence-corrected chi connectivity index (χ0v) is 11.2. The lowest BCUT2D eigenvalue weighted by Gasteiger charge is -2.20. The molecule has 0 aliphatic heterocycles. The van der Waals surface area contributed by atoms with Crippen LogP contribution in [0.15, 0.2) is 24.3 Å². The molecule has 1 amide bonds. The van der Waals surface area contributed by atoms with Crippen LogP contribution < -0.4 is 4.74 Å². The number of nitrogens with zero attached hydrogens (tertiary/aromatic N) is 1. The predicted octanol–water partition coefficient (Wildman–Crippen LogP) is 2.62. The van der Waals surface area contributed by atoms with E-state index in [4.69, 9.17) is 27.9 Å². The van der Waals surface area contributed by atoms with E-state index < -0.39 is 0 Å². The van der Waals surface area contributed by atoms with Gasteiger partial charge < -0.3 is 9.64 Å². The van der Waals surface area contributed by atoms with E-state index in [-0.39, 0.29) is 5.91 Å². The molecular formula is C12H15Cl2NO2. The molecule has 17 heavy (non-hydrogen) atoms. The first-order valence-corrected chi connectivity index (χ1v) is 6.35. The molecule has 0 aliphatic carbocycles. The van der Waals surface area contributed by atoms with Gasteiger partial charge in [0.25, 0.3) is 5.91 Å². The zero-order valence-electron chi connectivity index (χ0n) is 9.66. The molecule has 1 aromatic rings. The molecule has 0 aliphatic rings. The molecule has 0 radical (unpaired) electrons. The van der Waals surface area contributed by atoms with E-state index in [9.17, 15) is 4.79 Å². The molecule has 1 rings (SSSR count). The van der Waals surface area contributed by atoms with Crippen LogP contribution in [0.1, 0.15) is 10.4 Å². The fourth-order valence-electron chi connectivity index (χ4n) is 1.44. The lowest BCUT2D eigenvalue weighted by molar-refractivity contribution is 0.0775. The number of alkyl halides is 2. The molecule has 0 aromatic heterocycles. The molecule has 0 saturated heterocycles. The number of hydrogen-bond donors (Lipinski definition) is 0. The predicted molar refractivity (Wildman–Crippen MR) is 70.3 cm³/mol. The van der Waals surface area contributed by atoms with Crippen LogP contribution >= 0.6 is 23.2 Å². The molecule has 94 valence electrons. The number of carbonyl (C=O) groups is 1. The average Bonchev–Trinajstić information content (AvgIpc) is 2.38. The highest BCUT2D eigenvalue weighted by atomic mass is 35.5. The lowest BCUT2D eigenvalue weighted by Crippen LogP contribution is -2.34. The maximum absolute atomic E-state index is 12.1. The van der Waals surface area contributed by atoms with E-state index >= 15 is 0 Å². The molecule has 0 heterocycles. The average molecular weight is 276 g/mol. The summed E-state index contributed by atoms with van der Waals surface area (Å²) in [5, 5.41) is 0. The number of hydrogen-bond acceptors (Lipinski definition) is 2. The first-order chi connectivity index (χ1) is 8.22. The number of benzene rings is 1. The fraction of sp³-hybridized carbons (Fsp3) is 0.417. The highest BCUT2D eigenvalue weighted by Gasteiger charge is 2.14. The third-order valence-corrected chi connectivity index (χ3v) is 2.67. The molecule has 3 nitrogen and oxygen atoms in total. The maximum Gasteiger partial charge on any atom is 0.253 e. The van der Waals surface area contributed by atoms with Crippen molar-refractivity contribution >= 4 is 29.1 Å². The van der Waals surface area contributed by atoms with Gasteiger partial charge in [0.1, 0.15) is 5.75 Å². The van der Waals surface area contributed by atoms with E-state index in [1.807, 2.05) is 0 Å². The van der Waals surface area contributed by atoms with Crippen molar-refractivity contribution in [1.29, 1.82) is 0 Å². The van der Waals surface area contributed by atoms with Crippen LogP contribution in [-0.2, 0) is 0 Å². The van der Waals surface area contributed by atoms with Crippen molar-refractivity contribution in [2.24, 2.45) is 0 Å². The van der Waals surface area contributed by atoms with Crippen LogP contribution in [0.5, 0.6) is 5.75 Å². The summed E-state index contributed by atoms with van der Waals surface area (Å²) in [4.78, 5) is 13.7. The standard InChI is InChI=1S/C12H15Cl2NO2/c1-17-11-4-2-10(3-5-11)12(16)15(8-6-13)9-7-14/h2-5H,6-9H2,1H3. The second kappa shape index (κ2) is 7.41.